The van der Waals surface area contributed by atoms with Gasteiger partial charge < -0.3 is 15.7 Å². The minimum atomic E-state index is -1.19. The first-order valence-electron chi connectivity index (χ1n) is 6.40. The van der Waals surface area contributed by atoms with Crippen molar-refractivity contribution in [1.29, 1.82) is 0 Å². The highest BCUT2D eigenvalue weighted by atomic mass is 19.1. The molecule has 2 unspecified atom stereocenters. The van der Waals surface area contributed by atoms with Crippen molar-refractivity contribution < 1.29 is 19.1 Å². The van der Waals surface area contributed by atoms with Gasteiger partial charge in [-0.15, -0.1) is 12.3 Å². The van der Waals surface area contributed by atoms with Gasteiger partial charge in [0.25, 0.3) is 0 Å². The molecule has 1 aromatic carbocycles. The zero-order valence-electron chi connectivity index (χ0n) is 11.6. The molecule has 0 saturated heterocycles. The Morgan fingerprint density at radius 3 is 2.48 bits per heavy atom. The van der Waals surface area contributed by atoms with Crippen LogP contribution in [-0.4, -0.2) is 29.2 Å². The second-order valence-corrected chi connectivity index (χ2v) is 4.65. The topological polar surface area (TPSA) is 78.4 Å². The smallest absolute Gasteiger partial charge is 0.327 e. The van der Waals surface area contributed by atoms with Crippen molar-refractivity contribution in [3.63, 3.8) is 0 Å². The van der Waals surface area contributed by atoms with E-state index >= 15 is 0 Å². The van der Waals surface area contributed by atoms with Crippen LogP contribution < -0.4 is 10.6 Å². The lowest BCUT2D eigenvalue weighted by atomic mass is 10.1. The third-order valence-electron chi connectivity index (χ3n) is 2.76. The quantitative estimate of drug-likeness (QED) is 0.696. The fraction of sp³-hybridized carbons (Fsp3) is 0.333. The van der Waals surface area contributed by atoms with Gasteiger partial charge in [0.15, 0.2) is 0 Å². The number of hydrogen-bond acceptors (Lipinski definition) is 2. The Labute approximate surface area is 122 Å². The summed E-state index contributed by atoms with van der Waals surface area (Å²) in [7, 11) is 0. The molecule has 112 valence electrons. The van der Waals surface area contributed by atoms with E-state index in [0.717, 1.165) is 5.56 Å². The second kappa shape index (κ2) is 7.90. The number of carboxylic acid groups (broad SMARTS) is 1. The summed E-state index contributed by atoms with van der Waals surface area (Å²) in [6.45, 7) is 1.76. The van der Waals surface area contributed by atoms with Crippen LogP contribution in [0.5, 0.6) is 0 Å². The van der Waals surface area contributed by atoms with Crippen LogP contribution in [0.4, 0.5) is 9.18 Å². The molecule has 0 spiro atoms. The molecular weight excluding hydrogens is 275 g/mol. The normalized spacial score (nSPS) is 12.8. The molecule has 6 heteroatoms. The van der Waals surface area contributed by atoms with Gasteiger partial charge in [-0.2, -0.15) is 0 Å². The van der Waals surface area contributed by atoms with Crippen molar-refractivity contribution in [3.05, 3.63) is 35.6 Å². The maximum absolute atomic E-state index is 12.8. The first kappa shape index (κ1) is 16.5. The van der Waals surface area contributed by atoms with Crippen LogP contribution in [0, 0.1) is 18.2 Å². The molecular formula is C15H17FN2O3. The summed E-state index contributed by atoms with van der Waals surface area (Å²) in [6.07, 6.45) is 5.46. The van der Waals surface area contributed by atoms with Gasteiger partial charge in [0.2, 0.25) is 0 Å². The van der Waals surface area contributed by atoms with Crippen LogP contribution in [0.3, 0.4) is 0 Å². The maximum atomic E-state index is 12.8. The van der Waals surface area contributed by atoms with Crippen molar-refractivity contribution in [2.45, 2.75) is 31.8 Å². The molecule has 21 heavy (non-hydrogen) atoms. The summed E-state index contributed by atoms with van der Waals surface area (Å²) in [6, 6.07) is 3.98. The summed E-state index contributed by atoms with van der Waals surface area (Å²) in [5.41, 5.74) is 0.864. The Hall–Kier alpha value is -2.55. The van der Waals surface area contributed by atoms with E-state index < -0.39 is 18.0 Å². The van der Waals surface area contributed by atoms with Crippen LogP contribution in [-0.2, 0) is 11.2 Å². The zero-order valence-corrected chi connectivity index (χ0v) is 11.6. The minimum absolute atomic E-state index is 0.0882. The number of terminal acetylenes is 1. The lowest BCUT2D eigenvalue weighted by molar-refractivity contribution is -0.139. The van der Waals surface area contributed by atoms with Gasteiger partial charge in [0.05, 0.1) is 0 Å². The van der Waals surface area contributed by atoms with E-state index in [-0.39, 0.29) is 18.3 Å². The fourth-order valence-corrected chi connectivity index (χ4v) is 1.77. The molecule has 0 fully saturated rings. The molecule has 3 N–H and O–H groups in total. The molecule has 1 rings (SSSR count). The number of urea groups is 1. The van der Waals surface area contributed by atoms with E-state index in [4.69, 9.17) is 11.5 Å². The van der Waals surface area contributed by atoms with Crippen LogP contribution in [0.25, 0.3) is 0 Å². The van der Waals surface area contributed by atoms with Gasteiger partial charge in [-0.25, -0.2) is 14.0 Å². The van der Waals surface area contributed by atoms with E-state index in [0.29, 0.717) is 6.42 Å². The van der Waals surface area contributed by atoms with Crippen molar-refractivity contribution in [3.8, 4) is 12.3 Å². The summed E-state index contributed by atoms with van der Waals surface area (Å²) in [4.78, 5) is 22.5. The highest BCUT2D eigenvalue weighted by Gasteiger charge is 2.19. The highest BCUT2D eigenvalue weighted by Crippen LogP contribution is 2.05. The van der Waals surface area contributed by atoms with Crippen molar-refractivity contribution in [2.24, 2.45) is 0 Å². The first-order chi connectivity index (χ1) is 9.92. The zero-order chi connectivity index (χ0) is 15.8. The number of hydrogen-bond donors (Lipinski definition) is 3. The molecule has 0 aromatic heterocycles. The Morgan fingerprint density at radius 2 is 1.95 bits per heavy atom. The van der Waals surface area contributed by atoms with Crippen molar-refractivity contribution in [1.82, 2.24) is 10.6 Å². The predicted molar refractivity (Wildman–Crippen MR) is 76.1 cm³/mol. The molecule has 2 atom stereocenters. The molecule has 0 saturated carbocycles. The average molecular weight is 292 g/mol. The van der Waals surface area contributed by atoms with E-state index in [2.05, 4.69) is 16.6 Å². The second-order valence-electron chi connectivity index (χ2n) is 4.65. The third-order valence-corrected chi connectivity index (χ3v) is 2.76. The van der Waals surface area contributed by atoms with Gasteiger partial charge >= 0.3 is 12.0 Å². The Kier molecular flexibility index (Phi) is 6.21. The van der Waals surface area contributed by atoms with Gasteiger partial charge in [-0.3, -0.25) is 0 Å². The first-order valence-corrected chi connectivity index (χ1v) is 6.40. The van der Waals surface area contributed by atoms with E-state index in [1.54, 1.807) is 19.1 Å². The minimum Gasteiger partial charge on any atom is -0.480 e. The monoisotopic (exact) mass is 292 g/mol. The molecule has 0 aliphatic heterocycles. The number of rotatable bonds is 6. The number of amides is 2. The number of carbonyl (C=O) groups excluding carboxylic acids is 1. The van der Waals surface area contributed by atoms with Gasteiger partial charge in [-0.05, 0) is 31.0 Å². The van der Waals surface area contributed by atoms with Crippen LogP contribution in [0.2, 0.25) is 0 Å². The third kappa shape index (κ3) is 5.95. The lowest BCUT2D eigenvalue weighted by Gasteiger charge is -2.17. The van der Waals surface area contributed by atoms with Crippen LogP contribution >= 0.6 is 0 Å². The van der Waals surface area contributed by atoms with E-state index in [1.165, 1.54) is 12.1 Å². The molecule has 0 radical (unpaired) electrons. The number of carboxylic acids is 1. The SMILES string of the molecule is C#CCC(NC(=O)NC(C)Cc1ccc(F)cc1)C(=O)O. The molecule has 0 bridgehead atoms. The molecule has 5 nitrogen and oxygen atoms in total. The van der Waals surface area contributed by atoms with Crippen LogP contribution in [0.1, 0.15) is 18.9 Å². The lowest BCUT2D eigenvalue weighted by Crippen LogP contribution is -2.48. The van der Waals surface area contributed by atoms with Crippen molar-refractivity contribution in [2.75, 3.05) is 0 Å². The largest absolute Gasteiger partial charge is 0.480 e. The predicted octanol–water partition coefficient (Wildman–Crippen LogP) is 1.53. The number of benzene rings is 1. The summed E-state index contributed by atoms with van der Waals surface area (Å²) < 4.78 is 12.8. The molecule has 1 aromatic rings. The van der Waals surface area contributed by atoms with E-state index in [1.807, 2.05) is 0 Å². The summed E-state index contributed by atoms with van der Waals surface area (Å²) >= 11 is 0. The highest BCUT2D eigenvalue weighted by molar-refractivity contribution is 5.82. The van der Waals surface area contributed by atoms with Crippen molar-refractivity contribution >= 4 is 12.0 Å². The number of aliphatic carboxylic acids is 1. The Morgan fingerprint density at radius 1 is 1.33 bits per heavy atom. The fourth-order valence-electron chi connectivity index (χ4n) is 1.77. The Balaban J connectivity index is 2.48. The van der Waals surface area contributed by atoms with Gasteiger partial charge in [0.1, 0.15) is 11.9 Å². The molecule has 0 aliphatic carbocycles. The van der Waals surface area contributed by atoms with Crippen LogP contribution in [0.15, 0.2) is 24.3 Å². The summed E-state index contributed by atoms with van der Waals surface area (Å²) in [5.74, 6) is 0.685. The van der Waals surface area contributed by atoms with E-state index in [9.17, 15) is 14.0 Å². The Bertz CT molecular complexity index is 537. The maximum Gasteiger partial charge on any atom is 0.327 e. The average Bonchev–Trinajstić information content (AvgIpc) is 2.40. The standard InChI is InChI=1S/C15H17FN2O3/c1-3-4-13(14(19)20)18-15(21)17-10(2)9-11-5-7-12(16)8-6-11/h1,5-8,10,13H,4,9H2,2H3,(H,19,20)(H2,17,18,21). The number of nitrogens with one attached hydrogen (secondary N) is 2. The molecule has 0 heterocycles. The van der Waals surface area contributed by atoms with Gasteiger partial charge in [-0.1, -0.05) is 12.1 Å². The van der Waals surface area contributed by atoms with Gasteiger partial charge in [0, 0.05) is 12.5 Å². The summed E-state index contributed by atoms with van der Waals surface area (Å²) in [5, 5.41) is 13.8. The number of carbonyl (C=O) groups is 2. The molecule has 2 amide bonds. The molecule has 0 aliphatic rings. The number of halogens is 1.